The first-order valence-corrected chi connectivity index (χ1v) is 40.4. The zero-order chi connectivity index (χ0) is 74.8. The summed E-state index contributed by atoms with van der Waals surface area (Å²) in [5, 5.41) is 8.19. The number of carbonyl (C=O) groups is 10. The summed E-state index contributed by atoms with van der Waals surface area (Å²) in [6.45, 7) is 47.8. The minimum Gasteiger partial charge on any atom is -0.379 e. The summed E-state index contributed by atoms with van der Waals surface area (Å²) in [6, 6.07) is 0. The Bertz CT molecular complexity index is 1800. The van der Waals surface area contributed by atoms with Gasteiger partial charge in [0.15, 0.2) is 0 Å². The number of nitrogens with zero attached hydrogens (tertiary/aromatic N) is 11. The van der Waals surface area contributed by atoms with E-state index >= 15 is 0 Å². The van der Waals surface area contributed by atoms with Crippen LogP contribution in [-0.2, 0) is 62.3 Å². The largest absolute Gasteiger partial charge is 0.379 e. The molecule has 29 heteroatoms. The summed E-state index contributed by atoms with van der Waals surface area (Å²) in [5.41, 5.74) is 0. The van der Waals surface area contributed by atoms with Crippen LogP contribution in [0.3, 0.4) is 0 Å². The van der Waals surface area contributed by atoms with Crippen molar-refractivity contribution in [3.05, 3.63) is 0 Å². The Morgan fingerprint density at radius 2 is 0.752 bits per heavy atom. The number of ketones is 10. The Hall–Kier alpha value is -2.89. The van der Waals surface area contributed by atoms with Crippen molar-refractivity contribution in [2.45, 2.75) is 133 Å². The van der Waals surface area contributed by atoms with E-state index < -0.39 is 0 Å². The summed E-state index contributed by atoms with van der Waals surface area (Å²) in [6.07, 6.45) is 12.1. The van der Waals surface area contributed by atoms with Crippen molar-refractivity contribution in [3.63, 3.8) is 0 Å². The summed E-state index contributed by atoms with van der Waals surface area (Å²) in [5.74, 6) is 8.40. The fourth-order valence-corrected chi connectivity index (χ4v) is 14.5. The van der Waals surface area contributed by atoms with Gasteiger partial charge >= 0.3 is 0 Å². The number of hydrogen-bond donors (Lipinski definition) is 2. The molecule has 0 aliphatic carbocycles. The minimum atomic E-state index is 0.168. The first kappa shape index (κ1) is 96.1. The maximum atomic E-state index is 10.7. The van der Waals surface area contributed by atoms with Gasteiger partial charge in [0.1, 0.15) is 57.8 Å². The molecule has 10 rings (SSSR count). The Morgan fingerprint density at radius 3 is 1.21 bits per heavy atom. The molecular formula is C72H137N13O13S3. The molecule has 0 spiro atoms. The molecule has 2 N–H and O–H groups in total. The fourth-order valence-electron chi connectivity index (χ4n) is 11.5. The molecule has 0 saturated carbocycles. The van der Waals surface area contributed by atoms with Crippen molar-refractivity contribution < 1.29 is 62.3 Å². The topological polar surface area (TPSA) is 258 Å². The maximum absolute atomic E-state index is 10.7. The lowest BCUT2D eigenvalue weighted by atomic mass is 10.1. The predicted molar refractivity (Wildman–Crippen MR) is 411 cm³/mol. The van der Waals surface area contributed by atoms with Crippen LogP contribution in [-0.4, -0.2) is 383 Å². The second-order valence-corrected chi connectivity index (χ2v) is 31.0. The van der Waals surface area contributed by atoms with E-state index in [0.29, 0.717) is 78.0 Å². The normalized spacial score (nSPS) is 21.0. The average Bonchev–Trinajstić information content (AvgIpc) is 1.63. The Labute approximate surface area is 622 Å². The molecule has 10 saturated heterocycles. The van der Waals surface area contributed by atoms with Crippen LogP contribution in [0.15, 0.2) is 0 Å². The molecule has 26 nitrogen and oxygen atoms in total. The van der Waals surface area contributed by atoms with Crippen molar-refractivity contribution in [3.8, 4) is 0 Å². The Balaban J connectivity index is 0.000000561. The van der Waals surface area contributed by atoms with Gasteiger partial charge in [-0.15, -0.1) is 11.8 Å². The van der Waals surface area contributed by atoms with Crippen molar-refractivity contribution in [2.24, 2.45) is 0 Å². The van der Waals surface area contributed by atoms with E-state index in [-0.39, 0.29) is 52.0 Å². The summed E-state index contributed by atoms with van der Waals surface area (Å²) >= 11 is 5.70. The van der Waals surface area contributed by atoms with Crippen LogP contribution < -0.4 is 10.6 Å². The number of rotatable bonds is 20. The van der Waals surface area contributed by atoms with Crippen LogP contribution in [0.4, 0.5) is 0 Å². The van der Waals surface area contributed by atoms with Crippen LogP contribution in [0.2, 0.25) is 0 Å². The molecule has 10 fully saturated rings. The Kier molecular flexibility index (Phi) is 60.2. The third-order valence-corrected chi connectivity index (χ3v) is 19.4. The fraction of sp³-hybridized carbons (Fsp3) is 0.861. The van der Waals surface area contributed by atoms with E-state index in [2.05, 4.69) is 61.2 Å². The number of likely N-dealkylation sites (tertiary alicyclic amines) is 1. The molecule has 0 aromatic rings. The molecule has 0 aromatic carbocycles. The van der Waals surface area contributed by atoms with Gasteiger partial charge in [0.05, 0.1) is 92.0 Å². The molecule has 101 heavy (non-hydrogen) atoms. The number of hydrogen-bond acceptors (Lipinski definition) is 29. The number of morpholine rings is 1. The van der Waals surface area contributed by atoms with Gasteiger partial charge in [0, 0.05) is 148 Å². The highest BCUT2D eigenvalue weighted by atomic mass is 32.2. The Morgan fingerprint density at radius 1 is 0.307 bits per heavy atom. The molecule has 10 aliphatic heterocycles. The molecule has 586 valence electrons. The van der Waals surface area contributed by atoms with Crippen LogP contribution in [0.25, 0.3) is 0 Å². The van der Waals surface area contributed by atoms with E-state index in [1.54, 1.807) is 86.2 Å². The zero-order valence-corrected chi connectivity index (χ0v) is 67.0. The van der Waals surface area contributed by atoms with Crippen LogP contribution in [0.1, 0.15) is 133 Å². The van der Waals surface area contributed by atoms with Crippen molar-refractivity contribution in [1.82, 2.24) is 64.1 Å². The lowest BCUT2D eigenvalue weighted by Gasteiger charge is -2.31. The number of likely N-dealkylation sites (N-methyl/N-ethyl adjacent to an activating group) is 1. The van der Waals surface area contributed by atoms with Crippen molar-refractivity contribution in [2.75, 3.05) is 272 Å². The van der Waals surface area contributed by atoms with Crippen LogP contribution >= 0.6 is 35.5 Å². The van der Waals surface area contributed by atoms with Gasteiger partial charge in [0.2, 0.25) is 0 Å². The lowest BCUT2D eigenvalue weighted by molar-refractivity contribution is -0.182. The lowest BCUT2D eigenvalue weighted by Crippen LogP contribution is -2.45. The number of nitrogens with one attached hydrogen (secondary N) is 2. The number of thioether (sulfide) groups is 2. The second-order valence-electron chi connectivity index (χ2n) is 27.5. The monoisotopic (exact) mass is 1490 g/mol. The number of piperidine rings is 1. The van der Waals surface area contributed by atoms with E-state index in [4.69, 9.17) is 14.3 Å². The summed E-state index contributed by atoms with van der Waals surface area (Å²) < 4.78 is 12.4. The van der Waals surface area contributed by atoms with Gasteiger partial charge in [-0.25, -0.2) is 4.31 Å². The van der Waals surface area contributed by atoms with Crippen LogP contribution in [0.5, 0.6) is 0 Å². The van der Waals surface area contributed by atoms with E-state index in [0.717, 1.165) is 196 Å². The van der Waals surface area contributed by atoms with Gasteiger partial charge in [0.25, 0.3) is 0 Å². The molecule has 0 atom stereocenters. The molecular weight excluding hydrogens is 1350 g/mol. The van der Waals surface area contributed by atoms with Gasteiger partial charge in [-0.2, -0.15) is 16.8 Å². The molecule has 0 bridgehead atoms. The van der Waals surface area contributed by atoms with Gasteiger partial charge < -0.3 is 25.0 Å². The van der Waals surface area contributed by atoms with E-state index in [1.807, 2.05) is 28.4 Å². The minimum absolute atomic E-state index is 0.168. The molecule has 10 heterocycles. The van der Waals surface area contributed by atoms with Crippen LogP contribution in [0, 0.1) is 0 Å². The zero-order valence-electron chi connectivity index (χ0n) is 64.5. The molecule has 10 aliphatic rings. The van der Waals surface area contributed by atoms with Crippen molar-refractivity contribution >= 4 is 93.3 Å². The van der Waals surface area contributed by atoms with Gasteiger partial charge in [-0.05, 0) is 159 Å². The number of piperazine rings is 2. The highest BCUT2D eigenvalue weighted by Gasteiger charge is 2.19. The number of ether oxygens (including phenoxy) is 2. The van der Waals surface area contributed by atoms with Gasteiger partial charge in [-0.3, -0.25) is 92.0 Å². The molecule has 0 aromatic heterocycles. The SMILES string of the molecule is CC(=O)CN1CCCCC1.CC(=O)CN1CCCCO1.CC(=O)CN1CCCCS1.CC(=O)CN1CCCNC1.CC(=O)CN1CCCOC1.CC(=O)CN1CCCSC1.CC(=O)CN1CCN(C)CC1.CC(=O)CN1CCNCC1.CC(=O)CN1CCOCC1.CC(=O)CN1CCSCC1. The third kappa shape index (κ3) is 61.9. The third-order valence-electron chi connectivity index (χ3n) is 16.2. The number of Topliss-reactive ketones (excluding diaryl/α,β-unsaturated/α-hetero) is 10. The predicted octanol–water partition coefficient (Wildman–Crippen LogP) is 3.87. The van der Waals surface area contributed by atoms with E-state index in [9.17, 15) is 47.9 Å². The first-order chi connectivity index (χ1) is 48.3. The smallest absolute Gasteiger partial charge is 0.146 e. The number of carbonyl (C=O) groups excluding carboxylic acids is 10. The first-order valence-electron chi connectivity index (χ1n) is 37.2. The highest BCUT2D eigenvalue weighted by molar-refractivity contribution is 7.99. The standard InChI is InChI=1S/C8H16N2O.C8H15NO.2C7H14N2O.3C7H13NO2.3C7H13NOS/c1-8(11)7-10-5-3-9(2)4-6-10;1-8(10)7-9-5-3-2-4-6-9;1-7(10)6-9-4-2-8-3-5-9;1-7(10)5-9-4-2-3-8-6-9;1-7(9)6-8-2-4-10-5-3-8;1-7(9)5-8-3-2-4-10-6-8;1-7(9)6-8-4-2-3-5-10-8;1-7(9)6-8-2-4-10-5-3-8;1-7(9)5-8-3-2-4-10-6-8;1-7(9)6-8-4-2-3-5-10-8/h3-7H2,1-2H3;2-7H2,1H3;2*8H,2-6H2,1H3;6*2-6H2,1H3. The quantitative estimate of drug-likeness (QED) is 0.164. The molecule has 0 radical (unpaired) electrons. The van der Waals surface area contributed by atoms with E-state index in [1.165, 1.54) is 61.5 Å². The molecule has 0 unspecified atom stereocenters. The maximum Gasteiger partial charge on any atom is 0.146 e. The summed E-state index contributed by atoms with van der Waals surface area (Å²) in [7, 11) is 2.12. The van der Waals surface area contributed by atoms with Gasteiger partial charge in [-0.1, -0.05) is 18.4 Å². The molecule has 0 amide bonds. The summed E-state index contributed by atoms with van der Waals surface area (Å²) in [4.78, 5) is 131. The highest BCUT2D eigenvalue weighted by Crippen LogP contribution is 2.19. The number of hydroxylamine groups is 2. The second kappa shape index (κ2) is 63.2. The average molecular weight is 1490 g/mol. The van der Waals surface area contributed by atoms with Crippen molar-refractivity contribution in [1.29, 1.82) is 0 Å².